The van der Waals surface area contributed by atoms with E-state index in [1.807, 2.05) is 18.8 Å². The Labute approximate surface area is 115 Å². The normalized spacial score (nSPS) is 19.0. The number of nitrogens with zero attached hydrogens (tertiary/aromatic N) is 3. The molecule has 0 aliphatic carbocycles. The quantitative estimate of drug-likeness (QED) is 0.863. The lowest BCUT2D eigenvalue weighted by Gasteiger charge is -2.35. The van der Waals surface area contributed by atoms with Gasteiger partial charge >= 0.3 is 0 Å². The molecule has 2 rings (SSSR count). The van der Waals surface area contributed by atoms with E-state index in [2.05, 4.69) is 23.0 Å². The average molecular weight is 267 g/mol. The summed E-state index contributed by atoms with van der Waals surface area (Å²) >= 11 is 0. The summed E-state index contributed by atoms with van der Waals surface area (Å²) in [5.74, 6) is 0. The summed E-state index contributed by atoms with van der Waals surface area (Å²) in [6.45, 7) is 4.93. The molecule has 0 bridgehead atoms. The van der Waals surface area contributed by atoms with Crippen molar-refractivity contribution in [1.29, 1.82) is 0 Å². The van der Waals surface area contributed by atoms with Gasteiger partial charge in [0.2, 0.25) is 0 Å². The maximum atomic E-state index is 10.5. The lowest BCUT2D eigenvalue weighted by Crippen LogP contribution is -2.45. The van der Waals surface area contributed by atoms with Gasteiger partial charge in [0.25, 0.3) is 0 Å². The van der Waals surface area contributed by atoms with Crippen LogP contribution in [0.25, 0.3) is 0 Å². The molecule has 0 unspecified atom stereocenters. The molecule has 2 heterocycles. The summed E-state index contributed by atoms with van der Waals surface area (Å²) in [7, 11) is 4.03. The van der Waals surface area contributed by atoms with Gasteiger partial charge in [0, 0.05) is 46.2 Å². The molecule has 5 nitrogen and oxygen atoms in total. The standard InChI is InChI=1S/C14H25N3O2/c1-4-12-9-13(17(3)15-12)10-16(2)11-14(18)5-7-19-8-6-14/h9,18H,4-8,10-11H2,1-3H3. The molecule has 1 fully saturated rings. The van der Waals surface area contributed by atoms with Crippen LogP contribution < -0.4 is 0 Å². The summed E-state index contributed by atoms with van der Waals surface area (Å²) in [6.07, 6.45) is 2.41. The fourth-order valence-electron chi connectivity index (χ4n) is 2.64. The van der Waals surface area contributed by atoms with Gasteiger partial charge in [0.05, 0.1) is 17.0 Å². The van der Waals surface area contributed by atoms with Crippen molar-refractivity contribution in [3.8, 4) is 0 Å². The zero-order chi connectivity index (χ0) is 13.9. The van der Waals surface area contributed by atoms with Crippen molar-refractivity contribution in [3.63, 3.8) is 0 Å². The molecule has 1 N–H and O–H groups in total. The van der Waals surface area contributed by atoms with Gasteiger partial charge in [-0.25, -0.2) is 0 Å². The van der Waals surface area contributed by atoms with Crippen molar-refractivity contribution in [2.24, 2.45) is 7.05 Å². The van der Waals surface area contributed by atoms with Crippen LogP contribution in [0.3, 0.4) is 0 Å². The summed E-state index contributed by atoms with van der Waals surface area (Å²) in [5, 5.41) is 15.0. The summed E-state index contributed by atoms with van der Waals surface area (Å²) in [4.78, 5) is 2.17. The number of hydrogen-bond donors (Lipinski definition) is 1. The van der Waals surface area contributed by atoms with Crippen LogP contribution in [-0.4, -0.2) is 52.2 Å². The highest BCUT2D eigenvalue weighted by molar-refractivity contribution is 5.10. The van der Waals surface area contributed by atoms with E-state index in [0.717, 1.165) is 31.5 Å². The predicted octanol–water partition coefficient (Wildman–Crippen LogP) is 0.956. The van der Waals surface area contributed by atoms with Gasteiger partial charge in [-0.05, 0) is 19.5 Å². The second-order valence-corrected chi connectivity index (χ2v) is 5.61. The Balaban J connectivity index is 1.92. The van der Waals surface area contributed by atoms with E-state index in [4.69, 9.17) is 4.74 Å². The monoisotopic (exact) mass is 267 g/mol. The molecular formula is C14H25N3O2. The predicted molar refractivity (Wildman–Crippen MR) is 73.9 cm³/mol. The third-order valence-electron chi connectivity index (χ3n) is 3.81. The van der Waals surface area contributed by atoms with E-state index in [1.165, 1.54) is 5.69 Å². The van der Waals surface area contributed by atoms with Crippen LogP contribution >= 0.6 is 0 Å². The fourth-order valence-corrected chi connectivity index (χ4v) is 2.64. The molecule has 0 saturated carbocycles. The van der Waals surface area contributed by atoms with Crippen molar-refractivity contribution < 1.29 is 9.84 Å². The summed E-state index contributed by atoms with van der Waals surface area (Å²) in [5.41, 5.74) is 1.71. The van der Waals surface area contributed by atoms with Gasteiger partial charge in [-0.2, -0.15) is 5.10 Å². The van der Waals surface area contributed by atoms with E-state index >= 15 is 0 Å². The minimum Gasteiger partial charge on any atom is -0.388 e. The Bertz CT molecular complexity index is 411. The van der Waals surface area contributed by atoms with E-state index in [0.29, 0.717) is 19.8 Å². The van der Waals surface area contributed by atoms with E-state index in [1.54, 1.807) is 0 Å². The molecule has 1 saturated heterocycles. The maximum Gasteiger partial charge on any atom is 0.0817 e. The van der Waals surface area contributed by atoms with Crippen molar-refractivity contribution >= 4 is 0 Å². The molecule has 1 aliphatic heterocycles. The Morgan fingerprint density at radius 3 is 2.74 bits per heavy atom. The zero-order valence-corrected chi connectivity index (χ0v) is 12.2. The molecule has 0 atom stereocenters. The van der Waals surface area contributed by atoms with Gasteiger partial charge in [0.1, 0.15) is 0 Å². The number of aliphatic hydroxyl groups is 1. The van der Waals surface area contributed by atoms with E-state index in [9.17, 15) is 5.11 Å². The highest BCUT2D eigenvalue weighted by atomic mass is 16.5. The number of hydrogen-bond acceptors (Lipinski definition) is 4. The molecule has 1 aromatic heterocycles. The van der Waals surface area contributed by atoms with Crippen LogP contribution in [0.1, 0.15) is 31.2 Å². The molecule has 1 aliphatic rings. The Morgan fingerprint density at radius 2 is 2.16 bits per heavy atom. The van der Waals surface area contributed by atoms with Crippen LogP contribution in [0.4, 0.5) is 0 Å². The van der Waals surface area contributed by atoms with E-state index in [-0.39, 0.29) is 0 Å². The second kappa shape index (κ2) is 6.03. The summed E-state index contributed by atoms with van der Waals surface area (Å²) in [6, 6.07) is 2.14. The molecular weight excluding hydrogens is 242 g/mol. The molecule has 5 heteroatoms. The SMILES string of the molecule is CCc1cc(CN(C)CC2(O)CCOCC2)n(C)n1. The highest BCUT2D eigenvalue weighted by Gasteiger charge is 2.31. The molecule has 0 amide bonds. The molecule has 0 spiro atoms. The van der Waals surface area contributed by atoms with Gasteiger partial charge in [0.15, 0.2) is 0 Å². The Hall–Kier alpha value is -0.910. The van der Waals surface area contributed by atoms with Crippen LogP contribution in [0.5, 0.6) is 0 Å². The minimum absolute atomic E-state index is 0.598. The number of rotatable bonds is 5. The number of aryl methyl sites for hydroxylation is 2. The topological polar surface area (TPSA) is 50.5 Å². The third kappa shape index (κ3) is 3.78. The van der Waals surface area contributed by atoms with Gasteiger partial charge in [-0.3, -0.25) is 9.58 Å². The second-order valence-electron chi connectivity index (χ2n) is 5.61. The van der Waals surface area contributed by atoms with Crippen molar-refractivity contribution in [2.45, 2.75) is 38.3 Å². The summed E-state index contributed by atoms with van der Waals surface area (Å²) < 4.78 is 7.24. The lowest BCUT2D eigenvalue weighted by atomic mass is 9.94. The smallest absolute Gasteiger partial charge is 0.0817 e. The molecule has 0 aromatic carbocycles. The molecule has 0 radical (unpaired) electrons. The first kappa shape index (κ1) is 14.5. The Morgan fingerprint density at radius 1 is 1.47 bits per heavy atom. The third-order valence-corrected chi connectivity index (χ3v) is 3.81. The molecule has 19 heavy (non-hydrogen) atoms. The number of likely N-dealkylation sites (N-methyl/N-ethyl adjacent to an activating group) is 1. The Kier molecular flexibility index (Phi) is 4.60. The van der Waals surface area contributed by atoms with Crippen molar-refractivity contribution in [3.05, 3.63) is 17.5 Å². The first-order chi connectivity index (χ1) is 9.02. The zero-order valence-electron chi connectivity index (χ0n) is 12.2. The number of aromatic nitrogens is 2. The lowest BCUT2D eigenvalue weighted by molar-refractivity contribution is -0.0779. The van der Waals surface area contributed by atoms with Crippen LogP contribution in [-0.2, 0) is 24.8 Å². The van der Waals surface area contributed by atoms with Gasteiger partial charge < -0.3 is 9.84 Å². The van der Waals surface area contributed by atoms with E-state index < -0.39 is 5.60 Å². The van der Waals surface area contributed by atoms with Crippen LogP contribution in [0.2, 0.25) is 0 Å². The van der Waals surface area contributed by atoms with Crippen LogP contribution in [0.15, 0.2) is 6.07 Å². The van der Waals surface area contributed by atoms with Crippen LogP contribution in [0, 0.1) is 0 Å². The average Bonchev–Trinajstić information content (AvgIpc) is 2.70. The first-order valence-electron chi connectivity index (χ1n) is 7.03. The fraction of sp³-hybridized carbons (Fsp3) is 0.786. The van der Waals surface area contributed by atoms with Crippen molar-refractivity contribution in [1.82, 2.24) is 14.7 Å². The molecule has 1 aromatic rings. The van der Waals surface area contributed by atoms with Gasteiger partial charge in [-0.1, -0.05) is 6.92 Å². The minimum atomic E-state index is -0.598. The molecule has 108 valence electrons. The maximum absolute atomic E-state index is 10.5. The first-order valence-corrected chi connectivity index (χ1v) is 7.03. The number of ether oxygens (including phenoxy) is 1. The van der Waals surface area contributed by atoms with Gasteiger partial charge in [-0.15, -0.1) is 0 Å². The largest absolute Gasteiger partial charge is 0.388 e. The highest BCUT2D eigenvalue weighted by Crippen LogP contribution is 2.22. The van der Waals surface area contributed by atoms with Crippen molar-refractivity contribution in [2.75, 3.05) is 26.8 Å².